The first kappa shape index (κ1) is 24.5. The molecule has 5 rings (SSSR count). The van der Waals surface area contributed by atoms with Crippen LogP contribution in [-0.4, -0.2) is 71.9 Å². The van der Waals surface area contributed by atoms with Crippen molar-refractivity contribution in [2.24, 2.45) is 7.05 Å². The van der Waals surface area contributed by atoms with Crippen molar-refractivity contribution in [3.05, 3.63) is 84.1 Å². The van der Waals surface area contributed by atoms with Gasteiger partial charge in [-0.25, -0.2) is 9.59 Å². The highest BCUT2D eigenvalue weighted by molar-refractivity contribution is 5.93. The van der Waals surface area contributed by atoms with Gasteiger partial charge >= 0.3 is 12.0 Å². The summed E-state index contributed by atoms with van der Waals surface area (Å²) in [6.45, 7) is 3.45. The van der Waals surface area contributed by atoms with E-state index in [2.05, 4.69) is 47.4 Å². The summed E-state index contributed by atoms with van der Waals surface area (Å²) in [5, 5.41) is 5.42. The molecule has 0 bridgehead atoms. The summed E-state index contributed by atoms with van der Waals surface area (Å²) in [4.78, 5) is 31.6. The van der Waals surface area contributed by atoms with Gasteiger partial charge in [0.05, 0.1) is 30.9 Å². The average molecular weight is 498 g/mol. The summed E-state index contributed by atoms with van der Waals surface area (Å²) in [6, 6.07) is 21.6. The van der Waals surface area contributed by atoms with Crippen molar-refractivity contribution < 1.29 is 14.3 Å². The Hall–Kier alpha value is -4.17. The molecule has 0 aliphatic carbocycles. The van der Waals surface area contributed by atoms with E-state index in [1.807, 2.05) is 52.0 Å². The maximum atomic E-state index is 13.8. The Labute approximate surface area is 216 Å². The molecule has 8 nitrogen and oxygen atoms in total. The molecular formula is C29H31N5O3. The average Bonchev–Trinajstić information content (AvgIpc) is 3.31. The summed E-state index contributed by atoms with van der Waals surface area (Å²) >= 11 is 0. The van der Waals surface area contributed by atoms with E-state index in [9.17, 15) is 9.59 Å². The number of fused-ring (bicyclic) bond motifs is 1. The second-order valence-corrected chi connectivity index (χ2v) is 9.44. The number of methoxy groups -OCH3 is 1. The number of rotatable bonds is 5. The largest absolute Gasteiger partial charge is 0.465 e. The molecule has 0 unspecified atom stereocenters. The molecule has 4 aromatic rings. The van der Waals surface area contributed by atoms with Gasteiger partial charge in [-0.1, -0.05) is 30.3 Å². The van der Waals surface area contributed by atoms with Crippen LogP contribution in [0.25, 0.3) is 22.0 Å². The van der Waals surface area contributed by atoms with E-state index >= 15 is 0 Å². The number of amides is 2. The van der Waals surface area contributed by atoms with Crippen LogP contribution in [0.3, 0.4) is 0 Å². The molecule has 1 aliphatic rings. The van der Waals surface area contributed by atoms with Gasteiger partial charge in [-0.05, 0) is 60.1 Å². The monoisotopic (exact) mass is 497 g/mol. The number of urea groups is 1. The van der Waals surface area contributed by atoms with Gasteiger partial charge in [0.15, 0.2) is 0 Å². The molecule has 190 valence electrons. The van der Waals surface area contributed by atoms with Gasteiger partial charge in [0.25, 0.3) is 0 Å². The lowest BCUT2D eigenvalue weighted by Crippen LogP contribution is -2.51. The van der Waals surface area contributed by atoms with Crippen LogP contribution in [0.4, 0.5) is 10.5 Å². The molecule has 2 heterocycles. The SMILES string of the molecule is COC(=O)c1ccc(CN(C(=O)N2CCN(C)CC2)c2cccc(-c3ccc4c(cnn4C)c3)c2)cc1. The van der Waals surface area contributed by atoms with Crippen LogP contribution in [0.1, 0.15) is 15.9 Å². The summed E-state index contributed by atoms with van der Waals surface area (Å²) in [5.41, 5.74) is 5.40. The molecule has 2 amide bonds. The summed E-state index contributed by atoms with van der Waals surface area (Å²) in [5.74, 6) is -0.379. The lowest BCUT2D eigenvalue weighted by molar-refractivity contribution is 0.0600. The molecule has 1 fully saturated rings. The standard InChI is InChI=1S/C29H31N5O3/c1-31-13-15-33(16-14-31)29(36)34(20-21-7-9-22(10-8-21)28(35)37-3)26-6-4-5-23(18-26)24-11-12-27-25(17-24)19-30-32(27)2/h4-12,17-19H,13-16,20H2,1-3H3. The molecule has 1 saturated heterocycles. The molecule has 0 saturated carbocycles. The van der Waals surface area contributed by atoms with Crippen LogP contribution >= 0.6 is 0 Å². The fraction of sp³-hybridized carbons (Fsp3) is 0.276. The molecule has 1 aliphatic heterocycles. The zero-order chi connectivity index (χ0) is 25.9. The summed E-state index contributed by atoms with van der Waals surface area (Å²) in [7, 11) is 5.37. The minimum Gasteiger partial charge on any atom is -0.465 e. The number of esters is 1. The molecule has 0 atom stereocenters. The van der Waals surface area contributed by atoms with Crippen LogP contribution in [0.15, 0.2) is 72.9 Å². The molecule has 1 aromatic heterocycles. The maximum Gasteiger partial charge on any atom is 0.337 e. The predicted molar refractivity (Wildman–Crippen MR) is 145 cm³/mol. The van der Waals surface area contributed by atoms with E-state index in [1.54, 1.807) is 12.1 Å². The number of nitrogens with zero attached hydrogens (tertiary/aromatic N) is 5. The number of carbonyl (C=O) groups is 2. The zero-order valence-electron chi connectivity index (χ0n) is 21.4. The Bertz CT molecular complexity index is 1420. The highest BCUT2D eigenvalue weighted by Crippen LogP contribution is 2.29. The quantitative estimate of drug-likeness (QED) is 0.382. The number of ether oxygens (including phenoxy) is 1. The van der Waals surface area contributed by atoms with Crippen molar-refractivity contribution >= 4 is 28.6 Å². The number of aryl methyl sites for hydroxylation is 1. The predicted octanol–water partition coefficient (Wildman–Crippen LogP) is 4.40. The van der Waals surface area contributed by atoms with Crippen molar-refractivity contribution in [3.63, 3.8) is 0 Å². The highest BCUT2D eigenvalue weighted by atomic mass is 16.5. The van der Waals surface area contributed by atoms with Crippen molar-refractivity contribution in [2.75, 3.05) is 45.2 Å². The van der Waals surface area contributed by atoms with Gasteiger partial charge in [0.2, 0.25) is 0 Å². The van der Waals surface area contributed by atoms with Gasteiger partial charge in [-0.3, -0.25) is 9.58 Å². The number of carbonyl (C=O) groups excluding carboxylic acids is 2. The third-order valence-corrected chi connectivity index (χ3v) is 6.96. The Morgan fingerprint density at radius 3 is 2.38 bits per heavy atom. The van der Waals surface area contributed by atoms with Gasteiger partial charge in [-0.2, -0.15) is 5.10 Å². The first-order chi connectivity index (χ1) is 17.9. The van der Waals surface area contributed by atoms with Crippen molar-refractivity contribution in [2.45, 2.75) is 6.54 Å². The van der Waals surface area contributed by atoms with Crippen LogP contribution < -0.4 is 4.90 Å². The van der Waals surface area contributed by atoms with Crippen LogP contribution in [0.5, 0.6) is 0 Å². The van der Waals surface area contributed by atoms with E-state index < -0.39 is 0 Å². The van der Waals surface area contributed by atoms with E-state index in [4.69, 9.17) is 4.74 Å². The lowest BCUT2D eigenvalue weighted by Gasteiger charge is -2.36. The third-order valence-electron chi connectivity index (χ3n) is 6.96. The van der Waals surface area contributed by atoms with E-state index in [0.29, 0.717) is 25.2 Å². The second-order valence-electron chi connectivity index (χ2n) is 9.44. The number of benzene rings is 3. The molecule has 37 heavy (non-hydrogen) atoms. The fourth-order valence-corrected chi connectivity index (χ4v) is 4.68. The van der Waals surface area contributed by atoms with Gasteiger partial charge in [0, 0.05) is 44.3 Å². The zero-order valence-corrected chi connectivity index (χ0v) is 21.4. The van der Waals surface area contributed by atoms with Gasteiger partial charge < -0.3 is 14.5 Å². The molecule has 0 N–H and O–H groups in total. The van der Waals surface area contributed by atoms with Gasteiger partial charge in [0.1, 0.15) is 0 Å². The van der Waals surface area contributed by atoms with Crippen LogP contribution in [-0.2, 0) is 18.3 Å². The number of aromatic nitrogens is 2. The Kier molecular flexibility index (Phi) is 6.92. The number of hydrogen-bond acceptors (Lipinski definition) is 5. The molecular weight excluding hydrogens is 466 g/mol. The van der Waals surface area contributed by atoms with E-state index in [0.717, 1.165) is 46.4 Å². The Morgan fingerprint density at radius 1 is 0.919 bits per heavy atom. The Morgan fingerprint density at radius 2 is 1.65 bits per heavy atom. The van der Waals surface area contributed by atoms with Crippen LogP contribution in [0.2, 0.25) is 0 Å². The molecule has 0 spiro atoms. The normalized spacial score (nSPS) is 14.1. The van der Waals surface area contributed by atoms with Crippen molar-refractivity contribution in [3.8, 4) is 11.1 Å². The number of hydrogen-bond donors (Lipinski definition) is 0. The lowest BCUT2D eigenvalue weighted by atomic mass is 10.0. The van der Waals surface area contributed by atoms with Crippen LogP contribution in [0, 0.1) is 0 Å². The first-order valence-electron chi connectivity index (χ1n) is 12.4. The fourth-order valence-electron chi connectivity index (χ4n) is 4.68. The molecule has 0 radical (unpaired) electrons. The summed E-state index contributed by atoms with van der Waals surface area (Å²) in [6.07, 6.45) is 1.86. The third kappa shape index (κ3) is 5.20. The van der Waals surface area contributed by atoms with Gasteiger partial charge in [-0.15, -0.1) is 0 Å². The number of likely N-dealkylation sites (N-methyl/N-ethyl adjacent to an activating group) is 1. The minimum absolute atomic E-state index is 0.0231. The highest BCUT2D eigenvalue weighted by Gasteiger charge is 2.26. The number of piperazine rings is 1. The van der Waals surface area contributed by atoms with E-state index in [-0.39, 0.29) is 12.0 Å². The molecule has 3 aromatic carbocycles. The van der Waals surface area contributed by atoms with E-state index in [1.165, 1.54) is 7.11 Å². The smallest absolute Gasteiger partial charge is 0.337 e. The Balaban J connectivity index is 1.47. The first-order valence-corrected chi connectivity index (χ1v) is 12.4. The van der Waals surface area contributed by atoms with Crippen molar-refractivity contribution in [1.82, 2.24) is 19.6 Å². The van der Waals surface area contributed by atoms with Crippen molar-refractivity contribution in [1.29, 1.82) is 0 Å². The summed E-state index contributed by atoms with van der Waals surface area (Å²) < 4.78 is 6.68. The molecule has 8 heteroatoms. The minimum atomic E-state index is -0.379. The maximum absolute atomic E-state index is 13.8. The number of anilines is 1. The topological polar surface area (TPSA) is 70.9 Å². The second kappa shape index (κ2) is 10.4.